The number of hydrogen-bond donors (Lipinski definition) is 2. The summed E-state index contributed by atoms with van der Waals surface area (Å²) >= 11 is 2.56. The lowest BCUT2D eigenvalue weighted by molar-refractivity contribution is 0.312. The Bertz CT molecular complexity index is 533. The van der Waals surface area contributed by atoms with E-state index in [1.807, 2.05) is 12.1 Å². The largest absolute Gasteiger partial charge is 0.504 e. The molecule has 0 atom stereocenters. The number of halogens is 1. The molecule has 0 aliphatic heterocycles. The average molecular weight is 430 g/mol. The summed E-state index contributed by atoms with van der Waals surface area (Å²) in [5.41, 5.74) is 2.13. The highest BCUT2D eigenvalue weighted by Gasteiger charge is 2.38. The van der Waals surface area contributed by atoms with Crippen LogP contribution in [0.25, 0.3) is 0 Å². The monoisotopic (exact) mass is 430 g/mol. The molecule has 0 heterocycles. The van der Waals surface area contributed by atoms with E-state index in [1.165, 1.54) is 25.7 Å². The summed E-state index contributed by atoms with van der Waals surface area (Å²) in [5.74, 6) is 0.211. The zero-order valence-corrected chi connectivity index (χ0v) is 16.9. The Morgan fingerprint density at radius 1 is 1.04 bits per heavy atom. The van der Waals surface area contributed by atoms with Gasteiger partial charge >= 0.3 is 0 Å². The molecule has 1 saturated carbocycles. The number of phenolic OH excluding ortho intramolecular Hbond substituents is 2. The Morgan fingerprint density at radius 3 is 2.04 bits per heavy atom. The molecule has 1 fully saturated rings. The lowest BCUT2D eigenvalue weighted by atomic mass is 9.84. The predicted octanol–water partition coefficient (Wildman–Crippen LogP) is 6.15. The minimum absolute atomic E-state index is 0.104. The highest BCUT2D eigenvalue weighted by molar-refractivity contribution is 14.1. The lowest BCUT2D eigenvalue weighted by Gasteiger charge is -2.22. The molecule has 2 N–H and O–H groups in total. The van der Waals surface area contributed by atoms with Crippen LogP contribution < -0.4 is 0 Å². The van der Waals surface area contributed by atoms with Gasteiger partial charge in [-0.1, -0.05) is 61.9 Å². The topological polar surface area (TPSA) is 40.5 Å². The van der Waals surface area contributed by atoms with Crippen molar-refractivity contribution in [1.82, 2.24) is 0 Å². The smallest absolute Gasteiger partial charge is 0.160 e. The lowest BCUT2D eigenvalue weighted by Crippen LogP contribution is -2.09. The molecule has 1 aliphatic carbocycles. The summed E-state index contributed by atoms with van der Waals surface area (Å²) < 4.78 is 0.529. The molecule has 0 radical (unpaired) electrons. The molecule has 2 nitrogen and oxygen atoms in total. The Balaban J connectivity index is 1.88. The maximum absolute atomic E-state index is 10.3. The number of rotatable bonds is 9. The van der Waals surface area contributed by atoms with Crippen molar-refractivity contribution in [1.29, 1.82) is 0 Å². The van der Waals surface area contributed by atoms with Crippen LogP contribution in [0.4, 0.5) is 0 Å². The van der Waals surface area contributed by atoms with Gasteiger partial charge < -0.3 is 10.2 Å². The number of aromatic hydroxyl groups is 2. The Labute approximate surface area is 154 Å². The fourth-order valence-electron chi connectivity index (χ4n) is 2.98. The molecule has 1 aromatic carbocycles. The van der Waals surface area contributed by atoms with E-state index in [1.54, 1.807) is 0 Å². The fourth-order valence-corrected chi connectivity index (χ4v) is 3.63. The molecular weight excluding hydrogens is 399 g/mol. The molecule has 0 saturated heterocycles. The first-order valence-electron chi connectivity index (χ1n) is 8.98. The van der Waals surface area contributed by atoms with Crippen LogP contribution in [0.2, 0.25) is 0 Å². The zero-order chi connectivity index (χ0) is 17.1. The van der Waals surface area contributed by atoms with Crippen molar-refractivity contribution in [3.05, 3.63) is 23.3 Å². The van der Waals surface area contributed by atoms with Crippen LogP contribution in [-0.2, 0) is 12.8 Å². The van der Waals surface area contributed by atoms with Gasteiger partial charge in [0.25, 0.3) is 0 Å². The molecule has 0 spiro atoms. The first kappa shape index (κ1) is 18.9. The Hall–Kier alpha value is -0.450. The van der Waals surface area contributed by atoms with Gasteiger partial charge in [-0.3, -0.25) is 0 Å². The number of alkyl halides is 1. The van der Waals surface area contributed by atoms with Crippen molar-refractivity contribution in [2.24, 2.45) is 5.41 Å². The second-order valence-electron chi connectivity index (χ2n) is 7.96. The van der Waals surface area contributed by atoms with Crippen molar-refractivity contribution in [3.63, 3.8) is 0 Å². The van der Waals surface area contributed by atoms with Crippen LogP contribution in [0.1, 0.15) is 76.8 Å². The maximum atomic E-state index is 10.3. The summed E-state index contributed by atoms with van der Waals surface area (Å²) in [5, 5.41) is 20.6. The zero-order valence-electron chi connectivity index (χ0n) is 14.8. The number of phenols is 2. The van der Waals surface area contributed by atoms with Crippen molar-refractivity contribution in [2.45, 2.75) is 82.0 Å². The first-order chi connectivity index (χ1) is 10.8. The van der Waals surface area contributed by atoms with Crippen LogP contribution in [0.3, 0.4) is 0 Å². The molecule has 23 heavy (non-hydrogen) atoms. The molecule has 1 aliphatic rings. The van der Waals surface area contributed by atoms with Crippen molar-refractivity contribution < 1.29 is 10.2 Å². The van der Waals surface area contributed by atoms with E-state index in [-0.39, 0.29) is 11.5 Å². The van der Waals surface area contributed by atoms with Crippen LogP contribution in [0.15, 0.2) is 12.1 Å². The van der Waals surface area contributed by atoms with E-state index in [2.05, 4.69) is 43.4 Å². The second-order valence-corrected chi connectivity index (χ2v) is 10.2. The Morgan fingerprint density at radius 2 is 1.57 bits per heavy atom. The van der Waals surface area contributed by atoms with Crippen LogP contribution >= 0.6 is 22.6 Å². The van der Waals surface area contributed by atoms with Gasteiger partial charge in [-0.05, 0) is 67.9 Å². The molecule has 1 aromatic rings. The molecule has 0 aromatic heterocycles. The van der Waals surface area contributed by atoms with Gasteiger partial charge in [0.1, 0.15) is 0 Å². The quantitative estimate of drug-likeness (QED) is 0.280. The van der Waals surface area contributed by atoms with Gasteiger partial charge in [0, 0.05) is 3.42 Å². The van der Waals surface area contributed by atoms with E-state index < -0.39 is 0 Å². The van der Waals surface area contributed by atoms with E-state index in [0.717, 1.165) is 43.2 Å². The van der Waals surface area contributed by atoms with E-state index in [9.17, 15) is 10.2 Å². The van der Waals surface area contributed by atoms with Gasteiger partial charge in [-0.2, -0.15) is 0 Å². The highest BCUT2D eigenvalue weighted by atomic mass is 127. The second kappa shape index (κ2) is 7.62. The van der Waals surface area contributed by atoms with E-state index >= 15 is 0 Å². The SMILES string of the molecule is CCC(C)(C)CCCc1ccc(CCCC2(I)CC2)c(O)c1O. The fraction of sp³-hybridized carbons (Fsp3) is 0.700. The molecule has 3 heteroatoms. The number of aryl methyl sites for hydroxylation is 2. The third-order valence-electron chi connectivity index (χ3n) is 5.44. The van der Waals surface area contributed by atoms with E-state index in [4.69, 9.17) is 0 Å². The third-order valence-corrected chi connectivity index (χ3v) is 7.06. The van der Waals surface area contributed by atoms with Crippen LogP contribution in [-0.4, -0.2) is 13.6 Å². The maximum Gasteiger partial charge on any atom is 0.160 e. The normalized spacial score (nSPS) is 16.5. The number of benzene rings is 1. The van der Waals surface area contributed by atoms with Gasteiger partial charge in [-0.15, -0.1) is 0 Å². The standard InChI is InChI=1S/C20H31IO2/c1-4-19(2,3)11-5-7-15-9-10-16(18(23)17(15)22)8-6-12-20(21)13-14-20/h9-10,22-23H,4-8,11-14H2,1-3H3. The summed E-state index contributed by atoms with van der Waals surface area (Å²) in [6.07, 6.45) is 10.00. The average Bonchev–Trinajstić information content (AvgIpc) is 3.23. The van der Waals surface area contributed by atoms with Crippen molar-refractivity contribution in [2.75, 3.05) is 0 Å². The highest BCUT2D eigenvalue weighted by Crippen LogP contribution is 2.49. The van der Waals surface area contributed by atoms with Crippen LogP contribution in [0.5, 0.6) is 11.5 Å². The third kappa shape index (κ3) is 5.54. The van der Waals surface area contributed by atoms with E-state index in [0.29, 0.717) is 8.84 Å². The molecular formula is C20H31IO2. The molecule has 2 rings (SSSR count). The van der Waals surface area contributed by atoms with Gasteiger partial charge in [-0.25, -0.2) is 0 Å². The first-order valence-corrected chi connectivity index (χ1v) is 10.1. The predicted molar refractivity (Wildman–Crippen MR) is 106 cm³/mol. The number of hydrogen-bond acceptors (Lipinski definition) is 2. The van der Waals surface area contributed by atoms with Crippen LogP contribution in [0, 0.1) is 5.41 Å². The van der Waals surface area contributed by atoms with Gasteiger partial charge in [0.15, 0.2) is 11.5 Å². The molecule has 130 valence electrons. The summed E-state index contributed by atoms with van der Waals surface area (Å²) in [7, 11) is 0. The summed E-state index contributed by atoms with van der Waals surface area (Å²) in [6.45, 7) is 6.79. The van der Waals surface area contributed by atoms with Crippen molar-refractivity contribution in [3.8, 4) is 11.5 Å². The molecule has 0 bridgehead atoms. The minimum atomic E-state index is 0.104. The molecule has 0 amide bonds. The van der Waals surface area contributed by atoms with Crippen molar-refractivity contribution >= 4 is 22.6 Å². The Kier molecular flexibility index (Phi) is 6.26. The van der Waals surface area contributed by atoms with Gasteiger partial charge in [0.2, 0.25) is 0 Å². The van der Waals surface area contributed by atoms with Gasteiger partial charge in [0.05, 0.1) is 0 Å². The summed E-state index contributed by atoms with van der Waals surface area (Å²) in [4.78, 5) is 0. The molecule has 0 unspecified atom stereocenters. The summed E-state index contributed by atoms with van der Waals surface area (Å²) in [6, 6.07) is 4.00. The minimum Gasteiger partial charge on any atom is -0.504 e.